The van der Waals surface area contributed by atoms with Crippen LogP contribution in [0.3, 0.4) is 0 Å². The van der Waals surface area contributed by atoms with Gasteiger partial charge in [0.25, 0.3) is 17.4 Å². The molecule has 2 fully saturated rings. The number of likely N-dealkylation sites (tertiary alicyclic amines) is 1. The molecule has 0 spiro atoms. The van der Waals surface area contributed by atoms with Crippen molar-refractivity contribution < 1.29 is 19.1 Å². The first-order chi connectivity index (χ1) is 12.9. The molecule has 2 aliphatic rings. The highest BCUT2D eigenvalue weighted by molar-refractivity contribution is 6.11. The number of amides is 2. The molecule has 0 aliphatic carbocycles. The van der Waals surface area contributed by atoms with Gasteiger partial charge >= 0.3 is 0 Å². The smallest absolute Gasteiger partial charge is 0.269 e. The molecular formula is C20H25N3O4. The average Bonchev–Trinajstić information content (AvgIpc) is 3.26. The lowest BCUT2D eigenvalue weighted by molar-refractivity contribution is -0.161. The van der Waals surface area contributed by atoms with Crippen molar-refractivity contribution in [2.24, 2.45) is 0 Å². The van der Waals surface area contributed by atoms with Crippen LogP contribution in [0.5, 0.6) is 0 Å². The van der Waals surface area contributed by atoms with Crippen LogP contribution in [-0.4, -0.2) is 59.3 Å². The number of fused-ring (bicyclic) bond motifs is 3. The summed E-state index contributed by atoms with van der Waals surface area (Å²) in [5.41, 5.74) is -0.196. The summed E-state index contributed by atoms with van der Waals surface area (Å²) in [7, 11) is 1.67. The van der Waals surface area contributed by atoms with Crippen LogP contribution >= 0.6 is 0 Å². The topological polar surface area (TPSA) is 83.7 Å². The molecule has 0 unspecified atom stereocenters. The zero-order valence-corrected chi connectivity index (χ0v) is 15.9. The Morgan fingerprint density at radius 3 is 2.96 bits per heavy atom. The SMILES string of the molecule is CCO[C@H]1C[C@]2(C)O[C@@]1(C(=O)NCCc1c[nH]c3ccccc13)C(=O)N2C. The standard InChI is InChI=1S/C20H25N3O4/c1-4-26-16-11-19(2)23(3)18(25)20(16,27-19)17(24)21-10-9-13-12-22-15-8-6-5-7-14(13)15/h5-8,12,16,22H,4,9-11H2,1-3H3,(H,21,24)/t16-,19-,20-/m0/s1. The number of nitrogens with zero attached hydrogens (tertiary/aromatic N) is 1. The second-order valence-electron chi connectivity index (χ2n) is 7.39. The number of rotatable bonds is 6. The maximum atomic E-state index is 13.0. The molecule has 7 nitrogen and oxygen atoms in total. The van der Waals surface area contributed by atoms with Crippen molar-refractivity contribution in [3.63, 3.8) is 0 Å². The zero-order valence-electron chi connectivity index (χ0n) is 15.9. The van der Waals surface area contributed by atoms with Gasteiger partial charge in [-0.3, -0.25) is 9.59 Å². The fraction of sp³-hybridized carbons (Fsp3) is 0.500. The Labute approximate surface area is 158 Å². The van der Waals surface area contributed by atoms with Crippen molar-refractivity contribution in [2.45, 2.75) is 44.1 Å². The van der Waals surface area contributed by atoms with Crippen molar-refractivity contribution in [3.05, 3.63) is 36.0 Å². The monoisotopic (exact) mass is 371 g/mol. The summed E-state index contributed by atoms with van der Waals surface area (Å²) in [6, 6.07) is 8.04. The minimum Gasteiger partial charge on any atom is -0.374 e. The summed E-state index contributed by atoms with van der Waals surface area (Å²) < 4.78 is 11.7. The highest BCUT2D eigenvalue weighted by Crippen LogP contribution is 2.49. The maximum Gasteiger partial charge on any atom is 0.269 e. The number of ether oxygens (including phenoxy) is 2. The fourth-order valence-electron chi connectivity index (χ4n) is 4.24. The Balaban J connectivity index is 1.49. The number of benzene rings is 1. The van der Waals surface area contributed by atoms with Crippen molar-refractivity contribution in [2.75, 3.05) is 20.2 Å². The van der Waals surface area contributed by atoms with Crippen LogP contribution < -0.4 is 5.32 Å². The first kappa shape index (κ1) is 18.0. The van der Waals surface area contributed by atoms with E-state index >= 15 is 0 Å². The number of hydrogen-bond acceptors (Lipinski definition) is 4. The lowest BCUT2D eigenvalue weighted by atomic mass is 9.88. The molecule has 27 heavy (non-hydrogen) atoms. The molecule has 1 aromatic carbocycles. The summed E-state index contributed by atoms with van der Waals surface area (Å²) in [5, 5.41) is 4.03. The van der Waals surface area contributed by atoms with Gasteiger partial charge < -0.3 is 24.7 Å². The van der Waals surface area contributed by atoms with Gasteiger partial charge in [-0.05, 0) is 31.9 Å². The molecule has 1 aromatic heterocycles. The quantitative estimate of drug-likeness (QED) is 0.755. The summed E-state index contributed by atoms with van der Waals surface area (Å²) >= 11 is 0. The van der Waals surface area contributed by atoms with E-state index in [1.54, 1.807) is 7.05 Å². The maximum absolute atomic E-state index is 13.0. The first-order valence-corrected chi connectivity index (χ1v) is 9.35. The van der Waals surface area contributed by atoms with Crippen LogP contribution in [0.4, 0.5) is 0 Å². The van der Waals surface area contributed by atoms with Crippen molar-refractivity contribution in [1.82, 2.24) is 15.2 Å². The number of piperidine rings is 1. The molecule has 4 rings (SSSR count). The van der Waals surface area contributed by atoms with Crippen LogP contribution in [0.25, 0.3) is 10.9 Å². The van der Waals surface area contributed by atoms with Gasteiger partial charge in [0.2, 0.25) is 0 Å². The average molecular weight is 371 g/mol. The number of aromatic nitrogens is 1. The predicted molar refractivity (Wildman–Crippen MR) is 100 cm³/mol. The molecule has 2 amide bonds. The summed E-state index contributed by atoms with van der Waals surface area (Å²) in [4.78, 5) is 30.6. The van der Waals surface area contributed by atoms with Gasteiger partial charge in [0.05, 0.1) is 0 Å². The predicted octanol–water partition coefficient (Wildman–Crippen LogP) is 1.58. The molecule has 2 aromatic rings. The first-order valence-electron chi connectivity index (χ1n) is 9.35. The number of H-pyrrole nitrogens is 1. The van der Waals surface area contributed by atoms with Crippen LogP contribution in [-0.2, 0) is 25.5 Å². The fourth-order valence-corrected chi connectivity index (χ4v) is 4.24. The van der Waals surface area contributed by atoms with E-state index in [-0.39, 0.29) is 5.91 Å². The lowest BCUT2D eigenvalue weighted by Gasteiger charge is -2.34. The van der Waals surface area contributed by atoms with Gasteiger partial charge in [0.1, 0.15) is 11.8 Å². The van der Waals surface area contributed by atoms with E-state index in [4.69, 9.17) is 9.47 Å². The van der Waals surface area contributed by atoms with Crippen LogP contribution in [0.15, 0.2) is 30.5 Å². The second kappa shape index (κ2) is 6.35. The molecule has 144 valence electrons. The van der Waals surface area contributed by atoms with E-state index in [2.05, 4.69) is 10.3 Å². The molecule has 3 atom stereocenters. The second-order valence-corrected chi connectivity index (χ2v) is 7.39. The molecule has 2 saturated heterocycles. The van der Waals surface area contributed by atoms with Gasteiger partial charge in [0.15, 0.2) is 0 Å². The number of para-hydroxylation sites is 1. The van der Waals surface area contributed by atoms with Crippen LogP contribution in [0.1, 0.15) is 25.8 Å². The Kier molecular flexibility index (Phi) is 4.24. The van der Waals surface area contributed by atoms with Gasteiger partial charge in [-0.25, -0.2) is 0 Å². The van der Waals surface area contributed by atoms with Crippen LogP contribution in [0.2, 0.25) is 0 Å². The Bertz CT molecular complexity index is 894. The zero-order chi connectivity index (χ0) is 19.2. The summed E-state index contributed by atoms with van der Waals surface area (Å²) in [6.07, 6.45) is 2.53. The minimum absolute atomic E-state index is 0.334. The summed E-state index contributed by atoms with van der Waals surface area (Å²) in [5.74, 6) is -0.752. The van der Waals surface area contributed by atoms with Gasteiger partial charge in [-0.1, -0.05) is 18.2 Å². The minimum atomic E-state index is -1.58. The van der Waals surface area contributed by atoms with E-state index < -0.39 is 23.3 Å². The molecule has 3 heterocycles. The number of carbonyl (C=O) groups excluding carboxylic acids is 2. The number of aromatic amines is 1. The molecule has 7 heteroatoms. The normalized spacial score (nSPS) is 29.7. The third-order valence-corrected chi connectivity index (χ3v) is 5.79. The van der Waals surface area contributed by atoms with E-state index in [1.807, 2.05) is 44.3 Å². The molecule has 2 N–H and O–H groups in total. The van der Waals surface area contributed by atoms with Gasteiger partial charge in [-0.2, -0.15) is 0 Å². The Morgan fingerprint density at radius 2 is 2.22 bits per heavy atom. The van der Waals surface area contributed by atoms with Gasteiger partial charge in [0, 0.05) is 43.7 Å². The highest BCUT2D eigenvalue weighted by atomic mass is 16.6. The Morgan fingerprint density at radius 1 is 1.44 bits per heavy atom. The Hall–Kier alpha value is -2.38. The lowest BCUT2D eigenvalue weighted by Crippen LogP contribution is -2.62. The third-order valence-electron chi connectivity index (χ3n) is 5.79. The number of nitrogens with one attached hydrogen (secondary N) is 2. The van der Waals surface area contributed by atoms with E-state index in [0.717, 1.165) is 16.5 Å². The van der Waals surface area contributed by atoms with Crippen molar-refractivity contribution in [3.8, 4) is 0 Å². The van der Waals surface area contributed by atoms with Crippen LogP contribution in [0, 0.1) is 0 Å². The number of carbonyl (C=O) groups is 2. The number of hydrogen-bond donors (Lipinski definition) is 2. The van der Waals surface area contributed by atoms with E-state index in [0.29, 0.717) is 26.0 Å². The van der Waals surface area contributed by atoms with E-state index in [1.165, 1.54) is 4.90 Å². The number of likely N-dealkylation sites (N-methyl/N-ethyl adjacent to an activating group) is 1. The molecular weight excluding hydrogens is 346 g/mol. The summed E-state index contributed by atoms with van der Waals surface area (Å²) in [6.45, 7) is 4.51. The van der Waals surface area contributed by atoms with Gasteiger partial charge in [-0.15, -0.1) is 0 Å². The third kappa shape index (κ3) is 2.56. The van der Waals surface area contributed by atoms with Crippen molar-refractivity contribution >= 4 is 22.7 Å². The van der Waals surface area contributed by atoms with Crippen molar-refractivity contribution in [1.29, 1.82) is 0 Å². The molecule has 0 radical (unpaired) electrons. The van der Waals surface area contributed by atoms with E-state index in [9.17, 15) is 9.59 Å². The molecule has 0 saturated carbocycles. The largest absolute Gasteiger partial charge is 0.374 e. The molecule has 2 aliphatic heterocycles. The molecule has 2 bridgehead atoms. The highest BCUT2D eigenvalue weighted by Gasteiger charge is 2.72.